The summed E-state index contributed by atoms with van der Waals surface area (Å²) in [4.78, 5) is 8.60. The van der Waals surface area contributed by atoms with Crippen molar-refractivity contribution < 1.29 is 0 Å². The van der Waals surface area contributed by atoms with Crippen LogP contribution >= 0.6 is 0 Å². The summed E-state index contributed by atoms with van der Waals surface area (Å²) in [6, 6.07) is 0. The molecule has 2 N–H and O–H groups in total. The number of rotatable bonds is 6. The van der Waals surface area contributed by atoms with Crippen LogP contribution in [0.15, 0.2) is 12.4 Å². The van der Waals surface area contributed by atoms with E-state index in [1.165, 1.54) is 0 Å². The average molecular weight is 208 g/mol. The lowest BCUT2D eigenvalue weighted by Gasteiger charge is -2.08. The van der Waals surface area contributed by atoms with Gasteiger partial charge in [-0.15, -0.1) is 0 Å². The van der Waals surface area contributed by atoms with E-state index in [0.717, 1.165) is 31.1 Å². The van der Waals surface area contributed by atoms with Crippen LogP contribution in [0.25, 0.3) is 0 Å². The molecular formula is C11H20N4. The molecule has 1 rings (SSSR count). The zero-order valence-electron chi connectivity index (χ0n) is 9.75. The van der Waals surface area contributed by atoms with Crippen molar-refractivity contribution >= 4 is 5.82 Å². The van der Waals surface area contributed by atoms with Crippen LogP contribution in [0.4, 0.5) is 5.82 Å². The van der Waals surface area contributed by atoms with Crippen molar-refractivity contribution in [3.8, 4) is 0 Å². The van der Waals surface area contributed by atoms with Crippen molar-refractivity contribution in [1.29, 1.82) is 0 Å². The molecule has 0 saturated carbocycles. The number of aromatic nitrogens is 2. The van der Waals surface area contributed by atoms with Crippen LogP contribution in [0.2, 0.25) is 0 Å². The molecule has 1 aromatic heterocycles. The second-order valence-corrected chi connectivity index (χ2v) is 3.95. The van der Waals surface area contributed by atoms with Gasteiger partial charge in [-0.1, -0.05) is 20.8 Å². The summed E-state index contributed by atoms with van der Waals surface area (Å²) in [5, 5.41) is 6.44. The third-order valence-electron chi connectivity index (χ3n) is 1.95. The van der Waals surface area contributed by atoms with E-state index in [1.54, 1.807) is 6.20 Å². The van der Waals surface area contributed by atoms with Crippen LogP contribution < -0.4 is 10.6 Å². The summed E-state index contributed by atoms with van der Waals surface area (Å²) in [5.74, 6) is 1.47. The molecule has 0 unspecified atom stereocenters. The van der Waals surface area contributed by atoms with Crippen LogP contribution in [0.1, 0.15) is 26.5 Å². The van der Waals surface area contributed by atoms with E-state index in [4.69, 9.17) is 0 Å². The summed E-state index contributed by atoms with van der Waals surface area (Å²) in [6.45, 7) is 9.08. The molecule has 15 heavy (non-hydrogen) atoms. The minimum atomic E-state index is 0.619. The Morgan fingerprint density at radius 3 is 2.60 bits per heavy atom. The standard InChI is InChI=1S/C11H20N4/c1-4-12-6-10-7-15-11(8-13-10)14-5-9(2)3/h7-9,12H,4-6H2,1-3H3,(H,14,15). The van der Waals surface area contributed by atoms with Crippen molar-refractivity contribution in [3.05, 3.63) is 18.1 Å². The normalized spacial score (nSPS) is 10.7. The van der Waals surface area contributed by atoms with Crippen LogP contribution in [0, 0.1) is 5.92 Å². The fraction of sp³-hybridized carbons (Fsp3) is 0.636. The van der Waals surface area contributed by atoms with Crippen LogP contribution in [-0.4, -0.2) is 23.1 Å². The molecule has 0 aliphatic carbocycles. The second-order valence-electron chi connectivity index (χ2n) is 3.95. The van der Waals surface area contributed by atoms with E-state index in [0.29, 0.717) is 5.92 Å². The highest BCUT2D eigenvalue weighted by molar-refractivity contribution is 5.30. The van der Waals surface area contributed by atoms with E-state index in [2.05, 4.69) is 41.4 Å². The third-order valence-corrected chi connectivity index (χ3v) is 1.95. The Hall–Kier alpha value is -1.16. The quantitative estimate of drug-likeness (QED) is 0.746. The Balaban J connectivity index is 2.41. The lowest BCUT2D eigenvalue weighted by atomic mass is 10.2. The van der Waals surface area contributed by atoms with Gasteiger partial charge in [-0.3, -0.25) is 4.98 Å². The van der Waals surface area contributed by atoms with Crippen molar-refractivity contribution in [2.75, 3.05) is 18.4 Å². The van der Waals surface area contributed by atoms with Crippen LogP contribution in [-0.2, 0) is 6.54 Å². The molecule has 0 aliphatic heterocycles. The first-order chi connectivity index (χ1) is 7.22. The first-order valence-electron chi connectivity index (χ1n) is 5.48. The number of hydrogen-bond donors (Lipinski definition) is 2. The van der Waals surface area contributed by atoms with Gasteiger partial charge in [-0.25, -0.2) is 4.98 Å². The highest BCUT2D eigenvalue weighted by Crippen LogP contribution is 2.02. The lowest BCUT2D eigenvalue weighted by molar-refractivity contribution is 0.684. The van der Waals surface area contributed by atoms with Gasteiger partial charge in [0.1, 0.15) is 5.82 Å². The molecule has 0 saturated heterocycles. The van der Waals surface area contributed by atoms with Gasteiger partial charge in [0.15, 0.2) is 0 Å². The summed E-state index contributed by atoms with van der Waals surface area (Å²) in [7, 11) is 0. The molecule has 84 valence electrons. The predicted octanol–water partition coefficient (Wildman–Crippen LogP) is 1.65. The van der Waals surface area contributed by atoms with Crippen LogP contribution in [0.5, 0.6) is 0 Å². The largest absolute Gasteiger partial charge is 0.369 e. The third kappa shape index (κ3) is 4.74. The summed E-state index contributed by atoms with van der Waals surface area (Å²) >= 11 is 0. The highest BCUT2D eigenvalue weighted by atomic mass is 15.0. The Bertz CT molecular complexity index is 268. The van der Waals surface area contributed by atoms with Crippen LogP contribution in [0.3, 0.4) is 0 Å². The van der Waals surface area contributed by atoms with E-state index in [1.807, 2.05) is 6.20 Å². The van der Waals surface area contributed by atoms with E-state index >= 15 is 0 Å². The maximum absolute atomic E-state index is 4.31. The minimum Gasteiger partial charge on any atom is -0.369 e. The molecule has 0 aliphatic rings. The molecule has 0 spiro atoms. The van der Waals surface area contributed by atoms with Crippen molar-refractivity contribution in [2.45, 2.75) is 27.3 Å². The fourth-order valence-electron chi connectivity index (χ4n) is 1.10. The molecule has 0 atom stereocenters. The van der Waals surface area contributed by atoms with Gasteiger partial charge < -0.3 is 10.6 Å². The molecular weight excluding hydrogens is 188 g/mol. The molecule has 0 radical (unpaired) electrons. The molecule has 0 aromatic carbocycles. The molecule has 1 heterocycles. The van der Waals surface area contributed by atoms with E-state index in [-0.39, 0.29) is 0 Å². The summed E-state index contributed by atoms with van der Waals surface area (Å²) < 4.78 is 0. The monoisotopic (exact) mass is 208 g/mol. The van der Waals surface area contributed by atoms with Gasteiger partial charge in [0.2, 0.25) is 0 Å². The Morgan fingerprint density at radius 2 is 2.07 bits per heavy atom. The Morgan fingerprint density at radius 1 is 1.27 bits per heavy atom. The number of anilines is 1. The van der Waals surface area contributed by atoms with Gasteiger partial charge >= 0.3 is 0 Å². The lowest BCUT2D eigenvalue weighted by Crippen LogP contribution is -2.14. The first-order valence-corrected chi connectivity index (χ1v) is 5.48. The maximum Gasteiger partial charge on any atom is 0.144 e. The van der Waals surface area contributed by atoms with Gasteiger partial charge in [0.25, 0.3) is 0 Å². The molecule has 4 heteroatoms. The number of nitrogens with one attached hydrogen (secondary N) is 2. The van der Waals surface area contributed by atoms with Gasteiger partial charge in [-0.2, -0.15) is 0 Å². The van der Waals surface area contributed by atoms with Gasteiger partial charge in [-0.05, 0) is 12.5 Å². The smallest absolute Gasteiger partial charge is 0.144 e. The predicted molar refractivity (Wildman–Crippen MR) is 62.7 cm³/mol. The molecule has 1 aromatic rings. The summed E-state index contributed by atoms with van der Waals surface area (Å²) in [6.07, 6.45) is 3.60. The topological polar surface area (TPSA) is 49.8 Å². The number of hydrogen-bond acceptors (Lipinski definition) is 4. The Labute approximate surface area is 91.5 Å². The molecule has 0 bridgehead atoms. The summed E-state index contributed by atoms with van der Waals surface area (Å²) in [5.41, 5.74) is 0.979. The van der Waals surface area contributed by atoms with Gasteiger partial charge in [0, 0.05) is 13.1 Å². The zero-order valence-corrected chi connectivity index (χ0v) is 9.75. The SMILES string of the molecule is CCNCc1cnc(NCC(C)C)cn1. The van der Waals surface area contributed by atoms with Gasteiger partial charge in [0.05, 0.1) is 18.1 Å². The molecule has 0 amide bonds. The average Bonchev–Trinajstić information content (AvgIpc) is 2.25. The highest BCUT2D eigenvalue weighted by Gasteiger charge is 1.98. The second kappa shape index (κ2) is 6.35. The number of nitrogens with zero attached hydrogens (tertiary/aromatic N) is 2. The maximum atomic E-state index is 4.31. The minimum absolute atomic E-state index is 0.619. The van der Waals surface area contributed by atoms with Crippen molar-refractivity contribution in [1.82, 2.24) is 15.3 Å². The van der Waals surface area contributed by atoms with Crippen molar-refractivity contribution in [3.63, 3.8) is 0 Å². The van der Waals surface area contributed by atoms with E-state index < -0.39 is 0 Å². The molecule has 0 fully saturated rings. The first kappa shape index (κ1) is 11.9. The molecule has 4 nitrogen and oxygen atoms in total. The van der Waals surface area contributed by atoms with E-state index in [9.17, 15) is 0 Å². The fourth-order valence-corrected chi connectivity index (χ4v) is 1.10. The zero-order chi connectivity index (χ0) is 11.1. The Kier molecular flexibility index (Phi) is 5.04. The van der Waals surface area contributed by atoms with Crippen molar-refractivity contribution in [2.24, 2.45) is 5.92 Å².